The zero-order valence-electron chi connectivity index (χ0n) is 20.5. The Labute approximate surface area is 213 Å². The standard InChI is InChI=1S/C24H22F4N8O2/c1-23(11-6-7-14(38-3)13(25)9-11)16-18(29)33-20(34-19(16)35-22(23)37)17-12-10-30-36(2)21(12)32-15(31-17)5-4-8-24(26,27)28/h6-7,9-10H,4-5,8H2,1-3H3,(H3,29,33,34,35,37). The molecule has 3 aromatic heterocycles. The van der Waals surface area contributed by atoms with Gasteiger partial charge in [-0.1, -0.05) is 6.07 Å². The number of aryl methyl sites for hydroxylation is 2. The summed E-state index contributed by atoms with van der Waals surface area (Å²) in [5.74, 6) is -0.860. The first-order valence-electron chi connectivity index (χ1n) is 11.5. The molecule has 0 saturated carbocycles. The lowest BCUT2D eigenvalue weighted by Gasteiger charge is -2.24. The number of amides is 1. The van der Waals surface area contributed by atoms with Gasteiger partial charge in [0.05, 0.1) is 24.3 Å². The number of ether oxygens (including phenoxy) is 1. The molecule has 0 radical (unpaired) electrons. The minimum Gasteiger partial charge on any atom is -0.494 e. The summed E-state index contributed by atoms with van der Waals surface area (Å²) in [5, 5.41) is 7.31. The van der Waals surface area contributed by atoms with Crippen molar-refractivity contribution in [3.63, 3.8) is 0 Å². The van der Waals surface area contributed by atoms with E-state index in [0.29, 0.717) is 16.6 Å². The highest BCUT2D eigenvalue weighted by atomic mass is 19.4. The van der Waals surface area contributed by atoms with E-state index in [1.165, 1.54) is 30.1 Å². The van der Waals surface area contributed by atoms with Crippen LogP contribution in [0.4, 0.5) is 29.2 Å². The van der Waals surface area contributed by atoms with Gasteiger partial charge in [-0.05, 0) is 31.0 Å². The Morgan fingerprint density at radius 1 is 1.18 bits per heavy atom. The molecule has 0 aliphatic carbocycles. The molecule has 4 heterocycles. The Morgan fingerprint density at radius 3 is 2.63 bits per heavy atom. The van der Waals surface area contributed by atoms with Gasteiger partial charge in [0.15, 0.2) is 23.0 Å². The number of nitrogen functional groups attached to an aromatic ring is 1. The first kappa shape index (κ1) is 25.3. The Kier molecular flexibility index (Phi) is 5.92. The van der Waals surface area contributed by atoms with Crippen LogP contribution in [-0.4, -0.2) is 48.9 Å². The third-order valence-electron chi connectivity index (χ3n) is 6.56. The number of halogens is 4. The van der Waals surface area contributed by atoms with Crippen molar-refractivity contribution in [2.75, 3.05) is 18.2 Å². The van der Waals surface area contributed by atoms with Crippen LogP contribution < -0.4 is 15.8 Å². The minimum atomic E-state index is -4.30. The van der Waals surface area contributed by atoms with E-state index in [0.717, 1.165) is 0 Å². The second-order valence-electron chi connectivity index (χ2n) is 9.05. The largest absolute Gasteiger partial charge is 0.494 e. The molecule has 1 atom stereocenters. The molecule has 3 N–H and O–H groups in total. The maximum atomic E-state index is 14.5. The van der Waals surface area contributed by atoms with Crippen LogP contribution in [0.1, 0.15) is 36.7 Å². The molecule has 1 aliphatic rings. The van der Waals surface area contributed by atoms with Crippen molar-refractivity contribution in [1.82, 2.24) is 29.7 Å². The highest BCUT2D eigenvalue weighted by Gasteiger charge is 2.48. The summed E-state index contributed by atoms with van der Waals surface area (Å²) >= 11 is 0. The van der Waals surface area contributed by atoms with Crippen LogP contribution in [0.2, 0.25) is 0 Å². The third-order valence-corrected chi connectivity index (χ3v) is 6.56. The molecule has 1 amide bonds. The highest BCUT2D eigenvalue weighted by molar-refractivity contribution is 6.09. The molecule has 5 rings (SSSR count). The van der Waals surface area contributed by atoms with Crippen LogP contribution in [0, 0.1) is 5.82 Å². The zero-order chi connectivity index (χ0) is 27.4. The highest BCUT2D eigenvalue weighted by Crippen LogP contribution is 2.45. The topological polar surface area (TPSA) is 134 Å². The minimum absolute atomic E-state index is 0.0193. The predicted octanol–water partition coefficient (Wildman–Crippen LogP) is 3.69. The van der Waals surface area contributed by atoms with E-state index < -0.39 is 29.7 Å². The summed E-state index contributed by atoms with van der Waals surface area (Å²) in [6.07, 6.45) is -4.03. The average Bonchev–Trinajstić information content (AvgIpc) is 3.35. The van der Waals surface area contributed by atoms with Gasteiger partial charge in [0.25, 0.3) is 0 Å². The molecule has 1 aromatic carbocycles. The van der Waals surface area contributed by atoms with Crippen LogP contribution in [0.25, 0.3) is 22.6 Å². The number of aromatic nitrogens is 6. The number of alkyl halides is 3. The van der Waals surface area contributed by atoms with Crippen LogP contribution in [0.3, 0.4) is 0 Å². The molecule has 198 valence electrons. The van der Waals surface area contributed by atoms with Gasteiger partial charge in [-0.2, -0.15) is 18.3 Å². The number of nitrogens with two attached hydrogens (primary N) is 1. The molecule has 0 spiro atoms. The SMILES string of the molecule is COc1ccc(C2(C)C(=O)Nc3nc(-c4nc(CCCC(F)(F)F)nc5c4cnn5C)nc(N)c32)cc1F. The molecule has 4 aromatic rings. The van der Waals surface area contributed by atoms with Gasteiger partial charge in [0.1, 0.15) is 28.6 Å². The number of nitrogens with one attached hydrogen (secondary N) is 1. The number of carbonyl (C=O) groups is 1. The quantitative estimate of drug-likeness (QED) is 0.361. The zero-order valence-corrected chi connectivity index (χ0v) is 20.5. The lowest BCUT2D eigenvalue weighted by molar-refractivity contribution is -0.135. The molecular weight excluding hydrogens is 508 g/mol. The monoisotopic (exact) mass is 530 g/mol. The number of methoxy groups -OCH3 is 1. The third kappa shape index (κ3) is 4.15. The van der Waals surface area contributed by atoms with Gasteiger partial charge >= 0.3 is 6.18 Å². The van der Waals surface area contributed by atoms with Crippen LogP contribution in [0.5, 0.6) is 5.75 Å². The number of carbonyl (C=O) groups excluding carboxylic acids is 1. The van der Waals surface area contributed by atoms with Crippen molar-refractivity contribution >= 4 is 28.6 Å². The van der Waals surface area contributed by atoms with E-state index in [4.69, 9.17) is 10.5 Å². The number of rotatable bonds is 6. The van der Waals surface area contributed by atoms with Gasteiger partial charge in [0, 0.05) is 19.9 Å². The number of fused-ring (bicyclic) bond motifs is 2. The Hall–Kier alpha value is -4.36. The van der Waals surface area contributed by atoms with Crippen LogP contribution >= 0.6 is 0 Å². The van der Waals surface area contributed by atoms with E-state index in [-0.39, 0.29) is 53.1 Å². The fraction of sp³-hybridized carbons (Fsp3) is 0.333. The van der Waals surface area contributed by atoms with Gasteiger partial charge < -0.3 is 15.8 Å². The second kappa shape index (κ2) is 8.89. The molecule has 10 nitrogen and oxygen atoms in total. The Balaban J connectivity index is 1.60. The normalized spacial score (nSPS) is 17.1. The number of benzene rings is 1. The summed E-state index contributed by atoms with van der Waals surface area (Å²) in [6, 6.07) is 4.16. The molecular formula is C24H22F4N8O2. The van der Waals surface area contributed by atoms with E-state index in [9.17, 15) is 22.4 Å². The second-order valence-corrected chi connectivity index (χ2v) is 9.05. The maximum Gasteiger partial charge on any atom is 0.389 e. The maximum absolute atomic E-state index is 14.5. The van der Waals surface area contributed by atoms with Crippen molar-refractivity contribution in [3.8, 4) is 17.3 Å². The summed E-state index contributed by atoms with van der Waals surface area (Å²) < 4.78 is 58.9. The van der Waals surface area contributed by atoms with Crippen LogP contribution in [0.15, 0.2) is 24.4 Å². The molecule has 1 unspecified atom stereocenters. The molecule has 0 fully saturated rings. The predicted molar refractivity (Wildman–Crippen MR) is 129 cm³/mol. The lowest BCUT2D eigenvalue weighted by atomic mass is 9.77. The number of hydrogen-bond acceptors (Lipinski definition) is 8. The van der Waals surface area contributed by atoms with E-state index in [2.05, 4.69) is 30.4 Å². The van der Waals surface area contributed by atoms with Crippen molar-refractivity contribution in [1.29, 1.82) is 0 Å². The molecule has 38 heavy (non-hydrogen) atoms. The summed E-state index contributed by atoms with van der Waals surface area (Å²) in [4.78, 5) is 30.8. The molecule has 1 aliphatic heterocycles. The number of hydrogen-bond donors (Lipinski definition) is 2. The Bertz CT molecular complexity index is 1590. The van der Waals surface area contributed by atoms with Gasteiger partial charge in [-0.3, -0.25) is 9.48 Å². The smallest absolute Gasteiger partial charge is 0.389 e. The van der Waals surface area contributed by atoms with E-state index in [1.54, 1.807) is 20.0 Å². The molecule has 14 heteroatoms. The number of nitrogens with zero attached hydrogens (tertiary/aromatic N) is 6. The molecule has 0 saturated heterocycles. The number of anilines is 2. The average molecular weight is 530 g/mol. The molecule has 0 bridgehead atoms. The van der Waals surface area contributed by atoms with E-state index in [1.807, 2.05) is 0 Å². The van der Waals surface area contributed by atoms with Crippen molar-refractivity contribution in [2.45, 2.75) is 37.8 Å². The van der Waals surface area contributed by atoms with E-state index >= 15 is 0 Å². The summed E-state index contributed by atoms with van der Waals surface area (Å²) in [5.41, 5.74) is 6.11. The Morgan fingerprint density at radius 2 is 1.95 bits per heavy atom. The fourth-order valence-electron chi connectivity index (χ4n) is 4.56. The van der Waals surface area contributed by atoms with Gasteiger partial charge in [-0.15, -0.1) is 0 Å². The van der Waals surface area contributed by atoms with Gasteiger partial charge in [-0.25, -0.2) is 24.3 Å². The fourth-order valence-corrected chi connectivity index (χ4v) is 4.56. The lowest BCUT2D eigenvalue weighted by Crippen LogP contribution is -2.33. The van der Waals surface area contributed by atoms with Gasteiger partial charge in [0.2, 0.25) is 5.91 Å². The summed E-state index contributed by atoms with van der Waals surface area (Å²) in [6.45, 7) is 1.58. The summed E-state index contributed by atoms with van der Waals surface area (Å²) in [7, 11) is 2.97. The van der Waals surface area contributed by atoms with Crippen LogP contribution in [-0.2, 0) is 23.7 Å². The van der Waals surface area contributed by atoms with Crippen molar-refractivity contribution in [3.05, 3.63) is 47.2 Å². The first-order chi connectivity index (χ1) is 17.9. The van der Waals surface area contributed by atoms with Crippen molar-refractivity contribution < 1.29 is 27.1 Å². The van der Waals surface area contributed by atoms with Crippen molar-refractivity contribution in [2.24, 2.45) is 7.05 Å². The first-order valence-corrected chi connectivity index (χ1v) is 11.5.